The van der Waals surface area contributed by atoms with Gasteiger partial charge >= 0.3 is 0 Å². The molecule has 0 aliphatic carbocycles. The fraction of sp³-hybridized carbons (Fsp3) is 0.389. The normalized spacial score (nSPS) is 21.8. The smallest absolute Gasteiger partial charge is 0.260 e. The Morgan fingerprint density at radius 3 is 2.86 bits per heavy atom. The van der Waals surface area contributed by atoms with Crippen molar-refractivity contribution >= 4 is 16.7 Å². The van der Waals surface area contributed by atoms with Gasteiger partial charge in [-0.1, -0.05) is 36.4 Å². The molecule has 22 heavy (non-hydrogen) atoms. The average Bonchev–Trinajstić information content (AvgIpc) is 2.55. The number of nitrogens with one attached hydrogen (secondary N) is 1. The molecule has 0 saturated carbocycles. The number of hydrogen-bond donors (Lipinski definition) is 1. The van der Waals surface area contributed by atoms with Gasteiger partial charge in [0.15, 0.2) is 6.61 Å². The minimum absolute atomic E-state index is 0.0498. The number of carbonyl (C=O) groups is 1. The zero-order valence-electron chi connectivity index (χ0n) is 13.1. The number of fused-ring (bicyclic) bond motifs is 1. The monoisotopic (exact) mass is 298 g/mol. The van der Waals surface area contributed by atoms with Crippen LogP contribution in [0.5, 0.6) is 5.75 Å². The van der Waals surface area contributed by atoms with Crippen molar-refractivity contribution < 1.29 is 9.53 Å². The second-order valence-electron chi connectivity index (χ2n) is 5.84. The van der Waals surface area contributed by atoms with Gasteiger partial charge in [-0.2, -0.15) is 0 Å². The topological polar surface area (TPSA) is 41.6 Å². The third-order valence-corrected chi connectivity index (χ3v) is 4.46. The Morgan fingerprint density at radius 1 is 1.23 bits per heavy atom. The van der Waals surface area contributed by atoms with Crippen molar-refractivity contribution in [3.63, 3.8) is 0 Å². The predicted octanol–water partition coefficient (Wildman–Crippen LogP) is 2.43. The molecule has 0 spiro atoms. The van der Waals surface area contributed by atoms with E-state index >= 15 is 0 Å². The SMILES string of the molecule is CC1NCCN(C(=O)COc2cccc3ccccc23)C1C. The second kappa shape index (κ2) is 6.36. The average molecular weight is 298 g/mol. The number of benzene rings is 2. The summed E-state index contributed by atoms with van der Waals surface area (Å²) < 4.78 is 5.81. The van der Waals surface area contributed by atoms with Crippen molar-refractivity contribution in [2.24, 2.45) is 0 Å². The third-order valence-electron chi connectivity index (χ3n) is 4.46. The molecule has 4 nitrogen and oxygen atoms in total. The highest BCUT2D eigenvalue weighted by molar-refractivity contribution is 5.88. The number of ether oxygens (including phenoxy) is 1. The largest absolute Gasteiger partial charge is 0.483 e. The molecule has 0 radical (unpaired) electrons. The lowest BCUT2D eigenvalue weighted by atomic mass is 10.1. The van der Waals surface area contributed by atoms with Crippen LogP contribution >= 0.6 is 0 Å². The summed E-state index contributed by atoms with van der Waals surface area (Å²) in [6.07, 6.45) is 0. The quantitative estimate of drug-likeness (QED) is 0.946. The molecular formula is C18H22N2O2. The molecule has 1 fully saturated rings. The van der Waals surface area contributed by atoms with Crippen molar-refractivity contribution in [3.05, 3.63) is 42.5 Å². The van der Waals surface area contributed by atoms with Gasteiger partial charge in [-0.05, 0) is 25.3 Å². The lowest BCUT2D eigenvalue weighted by Gasteiger charge is -2.38. The van der Waals surface area contributed by atoms with Gasteiger partial charge in [0.2, 0.25) is 0 Å². The first-order valence-corrected chi connectivity index (χ1v) is 7.80. The van der Waals surface area contributed by atoms with Gasteiger partial charge in [0, 0.05) is 30.6 Å². The Kier molecular flexibility index (Phi) is 4.29. The van der Waals surface area contributed by atoms with Gasteiger partial charge in [-0.25, -0.2) is 0 Å². The van der Waals surface area contributed by atoms with E-state index in [1.807, 2.05) is 47.4 Å². The van der Waals surface area contributed by atoms with Crippen LogP contribution in [0.25, 0.3) is 10.8 Å². The molecule has 1 aliphatic rings. The maximum absolute atomic E-state index is 12.4. The summed E-state index contributed by atoms with van der Waals surface area (Å²) in [5.74, 6) is 0.816. The second-order valence-corrected chi connectivity index (χ2v) is 5.84. The standard InChI is InChI=1S/C18H22N2O2/c1-13-14(2)20(11-10-19-13)18(21)12-22-17-9-5-7-15-6-3-4-8-16(15)17/h3-9,13-14,19H,10-12H2,1-2H3. The van der Waals surface area contributed by atoms with Crippen LogP contribution in [0, 0.1) is 0 Å². The summed E-state index contributed by atoms with van der Waals surface area (Å²) in [7, 11) is 0. The first kappa shape index (κ1) is 14.9. The zero-order chi connectivity index (χ0) is 15.5. The highest BCUT2D eigenvalue weighted by Gasteiger charge is 2.28. The van der Waals surface area contributed by atoms with Crippen LogP contribution in [0.15, 0.2) is 42.5 Å². The Bertz CT molecular complexity index is 666. The van der Waals surface area contributed by atoms with Gasteiger partial charge in [-0.3, -0.25) is 4.79 Å². The Hall–Kier alpha value is -2.07. The summed E-state index contributed by atoms with van der Waals surface area (Å²) in [6.45, 7) is 5.85. The number of amides is 1. The molecule has 1 amide bonds. The number of nitrogens with zero attached hydrogens (tertiary/aromatic N) is 1. The lowest BCUT2D eigenvalue weighted by molar-refractivity contribution is -0.137. The van der Waals surface area contributed by atoms with Gasteiger partial charge in [0.1, 0.15) is 5.75 Å². The minimum atomic E-state index is 0.0498. The third kappa shape index (κ3) is 2.92. The summed E-state index contributed by atoms with van der Waals surface area (Å²) in [6, 6.07) is 14.5. The first-order valence-electron chi connectivity index (χ1n) is 7.80. The van der Waals surface area contributed by atoms with Crippen molar-refractivity contribution in [1.29, 1.82) is 0 Å². The van der Waals surface area contributed by atoms with Crippen LogP contribution in [0.2, 0.25) is 0 Å². The molecule has 116 valence electrons. The molecule has 2 aromatic carbocycles. The maximum Gasteiger partial charge on any atom is 0.260 e. The minimum Gasteiger partial charge on any atom is -0.483 e. The van der Waals surface area contributed by atoms with Crippen LogP contribution in [-0.4, -0.2) is 42.6 Å². The van der Waals surface area contributed by atoms with Gasteiger partial charge in [-0.15, -0.1) is 0 Å². The molecule has 1 N–H and O–H groups in total. The summed E-state index contributed by atoms with van der Waals surface area (Å²) in [5, 5.41) is 5.54. The predicted molar refractivity (Wildman–Crippen MR) is 88.1 cm³/mol. The molecule has 4 heteroatoms. The fourth-order valence-electron chi connectivity index (χ4n) is 2.95. The number of piperazine rings is 1. The van der Waals surface area contributed by atoms with Gasteiger partial charge in [0.25, 0.3) is 5.91 Å². The fourth-order valence-corrected chi connectivity index (χ4v) is 2.95. The van der Waals surface area contributed by atoms with E-state index in [4.69, 9.17) is 4.74 Å². The molecule has 0 aromatic heterocycles. The van der Waals surface area contributed by atoms with Crippen molar-refractivity contribution in [2.45, 2.75) is 25.9 Å². The van der Waals surface area contributed by atoms with Crippen molar-refractivity contribution in [1.82, 2.24) is 10.2 Å². The Labute approximate surface area is 131 Å². The van der Waals surface area contributed by atoms with E-state index in [0.717, 1.165) is 29.6 Å². The lowest BCUT2D eigenvalue weighted by Crippen LogP contribution is -2.58. The molecule has 1 heterocycles. The molecule has 2 atom stereocenters. The van der Waals surface area contributed by atoms with Crippen LogP contribution < -0.4 is 10.1 Å². The van der Waals surface area contributed by atoms with E-state index in [9.17, 15) is 4.79 Å². The molecular weight excluding hydrogens is 276 g/mol. The van der Waals surface area contributed by atoms with Crippen LogP contribution in [0.4, 0.5) is 0 Å². The van der Waals surface area contributed by atoms with E-state index in [-0.39, 0.29) is 18.6 Å². The molecule has 2 unspecified atom stereocenters. The Morgan fingerprint density at radius 2 is 2.00 bits per heavy atom. The first-order chi connectivity index (χ1) is 10.7. The van der Waals surface area contributed by atoms with E-state index < -0.39 is 0 Å². The van der Waals surface area contributed by atoms with E-state index in [1.165, 1.54) is 0 Å². The van der Waals surface area contributed by atoms with E-state index in [2.05, 4.69) is 19.2 Å². The Balaban J connectivity index is 1.70. The summed E-state index contributed by atoms with van der Waals surface area (Å²) in [4.78, 5) is 14.3. The molecule has 3 rings (SSSR count). The van der Waals surface area contributed by atoms with E-state index in [1.54, 1.807) is 0 Å². The number of carbonyl (C=O) groups excluding carboxylic acids is 1. The summed E-state index contributed by atoms with van der Waals surface area (Å²) in [5.41, 5.74) is 0. The highest BCUT2D eigenvalue weighted by atomic mass is 16.5. The van der Waals surface area contributed by atoms with Gasteiger partial charge < -0.3 is 15.0 Å². The number of hydrogen-bond acceptors (Lipinski definition) is 3. The van der Waals surface area contributed by atoms with E-state index in [0.29, 0.717) is 6.04 Å². The van der Waals surface area contributed by atoms with Crippen molar-refractivity contribution in [3.8, 4) is 5.75 Å². The van der Waals surface area contributed by atoms with Crippen LogP contribution in [0.1, 0.15) is 13.8 Å². The van der Waals surface area contributed by atoms with Crippen molar-refractivity contribution in [2.75, 3.05) is 19.7 Å². The highest BCUT2D eigenvalue weighted by Crippen LogP contribution is 2.25. The van der Waals surface area contributed by atoms with Crippen LogP contribution in [0.3, 0.4) is 0 Å². The molecule has 1 aliphatic heterocycles. The summed E-state index contributed by atoms with van der Waals surface area (Å²) >= 11 is 0. The maximum atomic E-state index is 12.4. The van der Waals surface area contributed by atoms with Crippen LogP contribution in [-0.2, 0) is 4.79 Å². The molecule has 1 saturated heterocycles. The number of rotatable bonds is 3. The molecule has 2 aromatic rings. The molecule has 0 bridgehead atoms. The van der Waals surface area contributed by atoms with Gasteiger partial charge in [0.05, 0.1) is 0 Å². The zero-order valence-corrected chi connectivity index (χ0v) is 13.1.